The molecule has 120 valence electrons. The number of rotatable bonds is 3. The molecule has 0 atom stereocenters. The van der Waals surface area contributed by atoms with Crippen LogP contribution in [-0.2, 0) is 5.54 Å². The Morgan fingerprint density at radius 3 is 2.70 bits per heavy atom. The molecule has 3 aromatic rings. The summed E-state index contributed by atoms with van der Waals surface area (Å²) in [7, 11) is 0. The van der Waals surface area contributed by atoms with Crippen molar-refractivity contribution in [3.8, 4) is 17.3 Å². The fourth-order valence-corrected chi connectivity index (χ4v) is 2.75. The summed E-state index contributed by atoms with van der Waals surface area (Å²) in [4.78, 5) is 12.7. The second-order valence-electron chi connectivity index (χ2n) is 5.53. The van der Waals surface area contributed by atoms with Crippen LogP contribution in [0.15, 0.2) is 35.5 Å². The first-order chi connectivity index (χ1) is 10.7. The van der Waals surface area contributed by atoms with Crippen LogP contribution in [0, 0.1) is 0 Å². The number of nitrogens with two attached hydrogens (primary N) is 1. The highest BCUT2D eigenvalue weighted by Gasteiger charge is 2.36. The van der Waals surface area contributed by atoms with Gasteiger partial charge in [-0.1, -0.05) is 18.0 Å². The average Bonchev–Trinajstić information content (AvgIpc) is 3.29. The molecule has 0 radical (unpaired) electrons. The van der Waals surface area contributed by atoms with Crippen LogP contribution in [-0.4, -0.2) is 29.9 Å². The fourth-order valence-electron chi connectivity index (χ4n) is 2.75. The number of hydrogen-bond donors (Lipinski definition) is 1. The molecular formula is C14H16ClN7O. The standard InChI is InChI=1S/C14H15N7O.ClH/c15-14(5-1-2-6-14)13-19-12(22-20-13)10-3-4-11(17-7-10)21-9-16-8-18-21;/h3-4,7-9H,1-2,5-6,15H2;1H. The summed E-state index contributed by atoms with van der Waals surface area (Å²) in [6, 6.07) is 3.68. The number of pyridine rings is 1. The van der Waals surface area contributed by atoms with Gasteiger partial charge in [-0.2, -0.15) is 10.1 Å². The number of nitrogens with zero attached hydrogens (tertiary/aromatic N) is 6. The van der Waals surface area contributed by atoms with E-state index in [1.165, 1.54) is 6.33 Å². The molecule has 0 amide bonds. The predicted octanol–water partition coefficient (Wildman–Crippen LogP) is 1.86. The van der Waals surface area contributed by atoms with Crippen LogP contribution in [0.1, 0.15) is 31.5 Å². The highest BCUT2D eigenvalue weighted by molar-refractivity contribution is 5.85. The molecule has 23 heavy (non-hydrogen) atoms. The Morgan fingerprint density at radius 1 is 1.22 bits per heavy atom. The fraction of sp³-hybridized carbons (Fsp3) is 0.357. The molecule has 0 unspecified atom stereocenters. The molecule has 1 fully saturated rings. The van der Waals surface area contributed by atoms with Gasteiger partial charge in [0, 0.05) is 6.20 Å². The maximum atomic E-state index is 6.34. The van der Waals surface area contributed by atoms with Crippen molar-refractivity contribution in [3.05, 3.63) is 36.8 Å². The maximum absolute atomic E-state index is 6.34. The van der Waals surface area contributed by atoms with Gasteiger partial charge in [-0.25, -0.2) is 14.6 Å². The number of hydrogen-bond acceptors (Lipinski definition) is 7. The first-order valence-corrected chi connectivity index (χ1v) is 7.19. The van der Waals surface area contributed by atoms with Gasteiger partial charge in [0.1, 0.15) is 12.7 Å². The third kappa shape index (κ3) is 2.82. The highest BCUT2D eigenvalue weighted by Crippen LogP contribution is 2.35. The second-order valence-corrected chi connectivity index (χ2v) is 5.53. The first-order valence-electron chi connectivity index (χ1n) is 7.19. The summed E-state index contributed by atoms with van der Waals surface area (Å²) in [6.45, 7) is 0. The van der Waals surface area contributed by atoms with Crippen LogP contribution in [0.2, 0.25) is 0 Å². The van der Waals surface area contributed by atoms with Gasteiger partial charge in [0.05, 0.1) is 11.1 Å². The maximum Gasteiger partial charge on any atom is 0.259 e. The minimum atomic E-state index is -0.449. The molecule has 4 rings (SSSR count). The summed E-state index contributed by atoms with van der Waals surface area (Å²) >= 11 is 0. The van der Waals surface area contributed by atoms with E-state index in [1.807, 2.05) is 12.1 Å². The Balaban J connectivity index is 0.00000156. The Morgan fingerprint density at radius 2 is 2.04 bits per heavy atom. The summed E-state index contributed by atoms with van der Waals surface area (Å²) in [5, 5.41) is 8.08. The second kappa shape index (κ2) is 6.05. The Labute approximate surface area is 138 Å². The molecule has 0 bridgehead atoms. The van der Waals surface area contributed by atoms with E-state index in [9.17, 15) is 0 Å². The molecule has 0 aliphatic heterocycles. The molecule has 1 aliphatic rings. The zero-order chi connectivity index (χ0) is 15.0. The lowest BCUT2D eigenvalue weighted by Gasteiger charge is -2.17. The molecule has 0 spiro atoms. The van der Waals surface area contributed by atoms with Gasteiger partial charge >= 0.3 is 0 Å². The lowest BCUT2D eigenvalue weighted by atomic mass is 9.99. The van der Waals surface area contributed by atoms with E-state index >= 15 is 0 Å². The van der Waals surface area contributed by atoms with E-state index in [4.69, 9.17) is 10.3 Å². The third-order valence-corrected chi connectivity index (χ3v) is 4.02. The van der Waals surface area contributed by atoms with Gasteiger partial charge in [0.25, 0.3) is 5.89 Å². The van der Waals surface area contributed by atoms with Crippen LogP contribution in [0.4, 0.5) is 0 Å². The lowest BCUT2D eigenvalue weighted by Crippen LogP contribution is -2.34. The van der Waals surface area contributed by atoms with Gasteiger partial charge < -0.3 is 10.3 Å². The van der Waals surface area contributed by atoms with Crippen molar-refractivity contribution in [2.75, 3.05) is 0 Å². The molecule has 3 aromatic heterocycles. The molecule has 9 heteroatoms. The number of halogens is 1. The van der Waals surface area contributed by atoms with Crippen molar-refractivity contribution in [1.82, 2.24) is 29.9 Å². The average molecular weight is 334 g/mol. The summed E-state index contributed by atoms with van der Waals surface area (Å²) in [5.74, 6) is 1.69. The van der Waals surface area contributed by atoms with Crippen molar-refractivity contribution in [1.29, 1.82) is 0 Å². The summed E-state index contributed by atoms with van der Waals surface area (Å²) in [6.07, 6.45) is 8.73. The monoisotopic (exact) mass is 333 g/mol. The number of aromatic nitrogens is 6. The van der Waals surface area contributed by atoms with Crippen LogP contribution in [0.3, 0.4) is 0 Å². The van der Waals surface area contributed by atoms with Crippen LogP contribution < -0.4 is 5.73 Å². The van der Waals surface area contributed by atoms with E-state index in [1.54, 1.807) is 17.2 Å². The zero-order valence-electron chi connectivity index (χ0n) is 12.3. The molecule has 0 saturated heterocycles. The van der Waals surface area contributed by atoms with Crippen molar-refractivity contribution >= 4 is 12.4 Å². The van der Waals surface area contributed by atoms with Gasteiger partial charge in [-0.3, -0.25) is 0 Å². The highest BCUT2D eigenvalue weighted by atomic mass is 35.5. The Bertz CT molecular complexity index is 763. The van der Waals surface area contributed by atoms with Crippen molar-refractivity contribution < 1.29 is 4.52 Å². The summed E-state index contributed by atoms with van der Waals surface area (Å²) in [5.41, 5.74) is 6.65. The normalized spacial score (nSPS) is 16.2. The van der Waals surface area contributed by atoms with Crippen molar-refractivity contribution in [3.63, 3.8) is 0 Å². The van der Waals surface area contributed by atoms with E-state index in [0.717, 1.165) is 31.2 Å². The van der Waals surface area contributed by atoms with Crippen LogP contribution >= 0.6 is 12.4 Å². The van der Waals surface area contributed by atoms with Crippen LogP contribution in [0.25, 0.3) is 17.3 Å². The van der Waals surface area contributed by atoms with Crippen LogP contribution in [0.5, 0.6) is 0 Å². The first kappa shape index (κ1) is 15.6. The van der Waals surface area contributed by atoms with Crippen molar-refractivity contribution in [2.24, 2.45) is 5.73 Å². The Hall–Kier alpha value is -2.32. The van der Waals surface area contributed by atoms with E-state index < -0.39 is 5.54 Å². The molecule has 1 aliphatic carbocycles. The van der Waals surface area contributed by atoms with E-state index in [-0.39, 0.29) is 12.4 Å². The van der Waals surface area contributed by atoms with E-state index in [2.05, 4.69) is 25.2 Å². The molecule has 3 heterocycles. The molecule has 2 N–H and O–H groups in total. The van der Waals surface area contributed by atoms with Crippen molar-refractivity contribution in [2.45, 2.75) is 31.2 Å². The van der Waals surface area contributed by atoms with Gasteiger partial charge in [0.2, 0.25) is 0 Å². The van der Waals surface area contributed by atoms with Gasteiger partial charge in [-0.05, 0) is 25.0 Å². The van der Waals surface area contributed by atoms with Gasteiger partial charge in [0.15, 0.2) is 11.6 Å². The summed E-state index contributed by atoms with van der Waals surface area (Å²) < 4.78 is 6.92. The minimum absolute atomic E-state index is 0. The SMILES string of the molecule is Cl.NC1(c2noc(-c3ccc(-n4cncn4)nc3)n2)CCCC1. The third-order valence-electron chi connectivity index (χ3n) is 4.02. The molecule has 0 aromatic carbocycles. The molecule has 1 saturated carbocycles. The van der Waals surface area contributed by atoms with E-state index in [0.29, 0.717) is 17.5 Å². The quantitative estimate of drug-likeness (QED) is 0.779. The largest absolute Gasteiger partial charge is 0.334 e. The molecule has 8 nitrogen and oxygen atoms in total. The van der Waals surface area contributed by atoms with Gasteiger partial charge in [-0.15, -0.1) is 12.4 Å². The predicted molar refractivity (Wildman–Crippen MR) is 84.0 cm³/mol. The lowest BCUT2D eigenvalue weighted by molar-refractivity contribution is 0.372. The Kier molecular flexibility index (Phi) is 4.10. The smallest absolute Gasteiger partial charge is 0.259 e. The molecular weight excluding hydrogens is 318 g/mol. The topological polar surface area (TPSA) is 109 Å². The zero-order valence-corrected chi connectivity index (χ0v) is 13.1. The minimum Gasteiger partial charge on any atom is -0.334 e.